The van der Waals surface area contributed by atoms with Gasteiger partial charge < -0.3 is 9.26 Å². The maximum Gasteiger partial charge on any atom is 0.177 e. The van der Waals surface area contributed by atoms with Crippen LogP contribution in [0.4, 0.5) is 0 Å². The molecule has 0 aliphatic carbocycles. The molecule has 0 unspecified atom stereocenters. The van der Waals surface area contributed by atoms with Crippen molar-refractivity contribution in [3.05, 3.63) is 41.4 Å². The first kappa shape index (κ1) is 13.6. The van der Waals surface area contributed by atoms with Crippen molar-refractivity contribution in [2.75, 3.05) is 19.8 Å². The van der Waals surface area contributed by atoms with E-state index in [9.17, 15) is 0 Å². The Kier molecular flexibility index (Phi) is 3.71. The van der Waals surface area contributed by atoms with Crippen LogP contribution in [0.5, 0.6) is 0 Å². The highest BCUT2D eigenvalue weighted by Gasteiger charge is 2.27. The van der Waals surface area contributed by atoms with Crippen LogP contribution < -0.4 is 0 Å². The molecule has 3 aromatic rings. The standard InChI is InChI=1S/C14H15N5O2S/c1-2-13(22-5-1)12-6-10(18-21-12)7-19-3-4-20-8-11(19)14-15-9-16-17-14/h1-2,5-6,9,11H,3-4,7-8H2,(H,15,16,17)/t11-/m0/s1. The van der Waals surface area contributed by atoms with E-state index >= 15 is 0 Å². The second-order valence-corrected chi connectivity index (χ2v) is 6.04. The van der Waals surface area contributed by atoms with E-state index in [1.165, 1.54) is 6.33 Å². The summed E-state index contributed by atoms with van der Waals surface area (Å²) < 4.78 is 11.0. The molecule has 0 amide bonds. The Labute approximate surface area is 130 Å². The third kappa shape index (κ3) is 2.68. The van der Waals surface area contributed by atoms with Gasteiger partial charge >= 0.3 is 0 Å². The molecule has 0 bridgehead atoms. The minimum atomic E-state index is 0.0677. The molecule has 8 heteroatoms. The Morgan fingerprint density at radius 2 is 2.45 bits per heavy atom. The number of rotatable bonds is 4. The van der Waals surface area contributed by atoms with Crippen molar-refractivity contribution in [2.45, 2.75) is 12.6 Å². The predicted molar refractivity (Wildman–Crippen MR) is 80.2 cm³/mol. The average Bonchev–Trinajstić information content (AvgIpc) is 3.30. The number of thiophene rings is 1. The molecule has 1 fully saturated rings. The van der Waals surface area contributed by atoms with Gasteiger partial charge in [-0.05, 0) is 11.4 Å². The fourth-order valence-electron chi connectivity index (χ4n) is 2.58. The lowest BCUT2D eigenvalue weighted by atomic mass is 10.2. The van der Waals surface area contributed by atoms with Gasteiger partial charge in [-0.2, -0.15) is 5.10 Å². The van der Waals surface area contributed by atoms with Crippen molar-refractivity contribution in [1.82, 2.24) is 25.2 Å². The van der Waals surface area contributed by atoms with E-state index in [4.69, 9.17) is 9.26 Å². The van der Waals surface area contributed by atoms with Crippen molar-refractivity contribution >= 4 is 11.3 Å². The summed E-state index contributed by atoms with van der Waals surface area (Å²) in [6, 6.07) is 6.10. The molecule has 3 aromatic heterocycles. The highest BCUT2D eigenvalue weighted by molar-refractivity contribution is 7.13. The molecule has 7 nitrogen and oxygen atoms in total. The van der Waals surface area contributed by atoms with Gasteiger partial charge in [-0.25, -0.2) is 4.98 Å². The van der Waals surface area contributed by atoms with Gasteiger partial charge in [0.25, 0.3) is 0 Å². The van der Waals surface area contributed by atoms with Crippen molar-refractivity contribution in [1.29, 1.82) is 0 Å². The molecule has 1 saturated heterocycles. The summed E-state index contributed by atoms with van der Waals surface area (Å²) in [5.41, 5.74) is 0.912. The van der Waals surface area contributed by atoms with E-state index in [-0.39, 0.29) is 6.04 Å². The number of nitrogens with one attached hydrogen (secondary N) is 1. The van der Waals surface area contributed by atoms with E-state index in [1.54, 1.807) is 11.3 Å². The van der Waals surface area contributed by atoms with E-state index in [1.807, 2.05) is 23.6 Å². The first-order valence-electron chi connectivity index (χ1n) is 7.06. The fourth-order valence-corrected chi connectivity index (χ4v) is 3.26. The van der Waals surface area contributed by atoms with Crippen LogP contribution in [0, 0.1) is 0 Å². The van der Waals surface area contributed by atoms with Gasteiger partial charge in [-0.15, -0.1) is 11.3 Å². The molecule has 4 rings (SSSR count). The molecule has 0 radical (unpaired) electrons. The predicted octanol–water partition coefficient (Wildman–Crippen LogP) is 2.09. The first-order valence-corrected chi connectivity index (χ1v) is 7.94. The van der Waals surface area contributed by atoms with Crippen LogP contribution in [0.25, 0.3) is 10.6 Å². The van der Waals surface area contributed by atoms with E-state index in [0.717, 1.165) is 28.7 Å². The number of morpholine rings is 1. The third-order valence-corrected chi connectivity index (χ3v) is 4.56. The molecule has 0 aromatic carbocycles. The normalized spacial score (nSPS) is 19.5. The molecule has 0 saturated carbocycles. The Morgan fingerprint density at radius 3 is 3.27 bits per heavy atom. The summed E-state index contributed by atoms with van der Waals surface area (Å²) in [6.45, 7) is 2.83. The van der Waals surface area contributed by atoms with Crippen LogP contribution in [0.3, 0.4) is 0 Å². The molecule has 114 valence electrons. The molecule has 1 aliphatic heterocycles. The summed E-state index contributed by atoms with van der Waals surface area (Å²) in [5, 5.41) is 13.1. The Morgan fingerprint density at radius 1 is 1.45 bits per heavy atom. The summed E-state index contributed by atoms with van der Waals surface area (Å²) in [6.07, 6.45) is 1.52. The van der Waals surface area contributed by atoms with Crippen LogP contribution in [-0.4, -0.2) is 45.0 Å². The largest absolute Gasteiger partial charge is 0.378 e. The van der Waals surface area contributed by atoms with Gasteiger partial charge in [0.2, 0.25) is 0 Å². The van der Waals surface area contributed by atoms with Gasteiger partial charge in [-0.1, -0.05) is 11.2 Å². The molecule has 22 heavy (non-hydrogen) atoms. The summed E-state index contributed by atoms with van der Waals surface area (Å²) in [4.78, 5) is 7.62. The second kappa shape index (κ2) is 5.99. The zero-order valence-electron chi connectivity index (χ0n) is 11.8. The minimum Gasteiger partial charge on any atom is -0.378 e. The second-order valence-electron chi connectivity index (χ2n) is 5.09. The number of ether oxygens (including phenoxy) is 1. The van der Waals surface area contributed by atoms with Gasteiger partial charge in [0.15, 0.2) is 5.76 Å². The van der Waals surface area contributed by atoms with Crippen LogP contribution in [0.1, 0.15) is 17.6 Å². The van der Waals surface area contributed by atoms with Crippen LogP contribution in [0.15, 0.2) is 34.4 Å². The highest BCUT2D eigenvalue weighted by atomic mass is 32.1. The van der Waals surface area contributed by atoms with Crippen molar-refractivity contribution in [3.63, 3.8) is 0 Å². The lowest BCUT2D eigenvalue weighted by molar-refractivity contribution is -0.0166. The zero-order chi connectivity index (χ0) is 14.8. The molecule has 1 N–H and O–H groups in total. The SMILES string of the molecule is c1csc(-c2cc(CN3CCOC[C@H]3c3ncn[nH]3)no2)c1. The van der Waals surface area contributed by atoms with Crippen molar-refractivity contribution in [3.8, 4) is 10.6 Å². The van der Waals surface area contributed by atoms with Crippen LogP contribution >= 0.6 is 11.3 Å². The average molecular weight is 317 g/mol. The monoisotopic (exact) mass is 317 g/mol. The van der Waals surface area contributed by atoms with E-state index in [0.29, 0.717) is 19.8 Å². The lowest BCUT2D eigenvalue weighted by Gasteiger charge is -2.33. The molecular weight excluding hydrogens is 302 g/mol. The van der Waals surface area contributed by atoms with E-state index in [2.05, 4.69) is 25.2 Å². The summed E-state index contributed by atoms with van der Waals surface area (Å²) in [5.74, 6) is 1.64. The molecule has 1 atom stereocenters. The maximum absolute atomic E-state index is 5.57. The molecular formula is C14H15N5O2S. The molecule has 1 aliphatic rings. The number of aromatic amines is 1. The lowest BCUT2D eigenvalue weighted by Crippen LogP contribution is -2.39. The summed E-state index contributed by atoms with van der Waals surface area (Å²) in [7, 11) is 0. The topological polar surface area (TPSA) is 80.1 Å². The number of nitrogens with zero attached hydrogens (tertiary/aromatic N) is 4. The smallest absolute Gasteiger partial charge is 0.177 e. The van der Waals surface area contributed by atoms with Crippen LogP contribution in [-0.2, 0) is 11.3 Å². The Balaban J connectivity index is 1.52. The van der Waals surface area contributed by atoms with Crippen LogP contribution in [0.2, 0.25) is 0 Å². The summed E-state index contributed by atoms with van der Waals surface area (Å²) >= 11 is 1.64. The number of aromatic nitrogens is 4. The first-order chi connectivity index (χ1) is 10.9. The minimum absolute atomic E-state index is 0.0677. The Bertz CT molecular complexity index is 710. The fraction of sp³-hybridized carbons (Fsp3) is 0.357. The zero-order valence-corrected chi connectivity index (χ0v) is 12.6. The number of hydrogen-bond donors (Lipinski definition) is 1. The molecule has 4 heterocycles. The molecule has 0 spiro atoms. The number of H-pyrrole nitrogens is 1. The van der Waals surface area contributed by atoms with E-state index < -0.39 is 0 Å². The van der Waals surface area contributed by atoms with Crippen molar-refractivity contribution < 1.29 is 9.26 Å². The maximum atomic E-state index is 5.57. The highest BCUT2D eigenvalue weighted by Crippen LogP contribution is 2.27. The van der Waals surface area contributed by atoms with Gasteiger partial charge in [0.05, 0.1) is 29.8 Å². The quantitative estimate of drug-likeness (QED) is 0.794. The Hall–Kier alpha value is -2.03. The van der Waals surface area contributed by atoms with Gasteiger partial charge in [-0.3, -0.25) is 10.00 Å². The van der Waals surface area contributed by atoms with Crippen molar-refractivity contribution in [2.24, 2.45) is 0 Å². The van der Waals surface area contributed by atoms with Gasteiger partial charge in [0, 0.05) is 19.2 Å². The van der Waals surface area contributed by atoms with Gasteiger partial charge in [0.1, 0.15) is 12.2 Å². The number of hydrogen-bond acceptors (Lipinski definition) is 7. The third-order valence-electron chi connectivity index (χ3n) is 3.68.